The Morgan fingerprint density at radius 1 is 1.21 bits per heavy atom. The third-order valence-corrected chi connectivity index (χ3v) is 3.13. The molecule has 2 heterocycles. The van der Waals surface area contributed by atoms with Crippen LogP contribution in [-0.4, -0.2) is 49.6 Å². The van der Waals surface area contributed by atoms with Gasteiger partial charge in [0.05, 0.1) is 6.54 Å². The predicted molar refractivity (Wildman–Crippen MR) is 55.1 cm³/mol. The predicted octanol–water partition coefficient (Wildman–Crippen LogP) is -0.440. The van der Waals surface area contributed by atoms with E-state index in [1.807, 2.05) is 0 Å². The monoisotopic (exact) mass is 197 g/mol. The van der Waals surface area contributed by atoms with E-state index >= 15 is 0 Å². The summed E-state index contributed by atoms with van der Waals surface area (Å²) in [7, 11) is 0. The van der Waals surface area contributed by atoms with Crippen LogP contribution in [0.1, 0.15) is 19.3 Å². The van der Waals surface area contributed by atoms with Crippen molar-refractivity contribution in [3.05, 3.63) is 0 Å². The molecule has 0 aromatic carbocycles. The van der Waals surface area contributed by atoms with E-state index < -0.39 is 0 Å². The second kappa shape index (κ2) is 4.75. The highest BCUT2D eigenvalue weighted by molar-refractivity contribution is 5.78. The van der Waals surface area contributed by atoms with Gasteiger partial charge in [0.1, 0.15) is 0 Å². The minimum Gasteiger partial charge on any atom is -0.354 e. The molecule has 2 rings (SSSR count). The largest absolute Gasteiger partial charge is 0.354 e. The first-order valence-corrected chi connectivity index (χ1v) is 5.58. The van der Waals surface area contributed by atoms with Crippen molar-refractivity contribution in [1.82, 2.24) is 15.5 Å². The molecule has 1 amide bonds. The van der Waals surface area contributed by atoms with Gasteiger partial charge in [-0.15, -0.1) is 0 Å². The average molecular weight is 197 g/mol. The lowest BCUT2D eigenvalue weighted by molar-refractivity contribution is -0.125. The molecule has 0 spiro atoms. The van der Waals surface area contributed by atoms with E-state index in [0.717, 1.165) is 26.2 Å². The first-order valence-electron chi connectivity index (χ1n) is 5.58. The van der Waals surface area contributed by atoms with Crippen LogP contribution in [-0.2, 0) is 4.79 Å². The molecule has 0 bridgehead atoms. The minimum absolute atomic E-state index is 0.188. The number of amides is 1. The molecule has 0 aromatic rings. The number of carbonyl (C=O) groups is 1. The van der Waals surface area contributed by atoms with Gasteiger partial charge in [-0.2, -0.15) is 0 Å². The Balaban J connectivity index is 1.88. The topological polar surface area (TPSA) is 44.4 Å². The van der Waals surface area contributed by atoms with Crippen LogP contribution >= 0.6 is 0 Å². The second-order valence-corrected chi connectivity index (χ2v) is 4.16. The second-order valence-electron chi connectivity index (χ2n) is 4.16. The lowest BCUT2D eigenvalue weighted by Crippen LogP contribution is -2.51. The van der Waals surface area contributed by atoms with E-state index in [4.69, 9.17) is 0 Å². The van der Waals surface area contributed by atoms with Crippen LogP contribution in [0.2, 0.25) is 0 Å². The summed E-state index contributed by atoms with van der Waals surface area (Å²) < 4.78 is 0. The van der Waals surface area contributed by atoms with Gasteiger partial charge in [-0.25, -0.2) is 0 Å². The summed E-state index contributed by atoms with van der Waals surface area (Å²) >= 11 is 0. The summed E-state index contributed by atoms with van der Waals surface area (Å²) in [5.74, 6) is 0.188. The molecular weight excluding hydrogens is 178 g/mol. The average Bonchev–Trinajstić information content (AvgIpc) is 2.45. The Morgan fingerprint density at radius 3 is 3.00 bits per heavy atom. The molecule has 0 aromatic heterocycles. The lowest BCUT2D eigenvalue weighted by atomic mass is 10.1. The van der Waals surface area contributed by atoms with Crippen LogP contribution in [0.5, 0.6) is 0 Å². The van der Waals surface area contributed by atoms with Crippen molar-refractivity contribution < 1.29 is 4.79 Å². The molecule has 0 saturated carbocycles. The van der Waals surface area contributed by atoms with Crippen molar-refractivity contribution in [2.24, 2.45) is 0 Å². The van der Waals surface area contributed by atoms with Crippen molar-refractivity contribution in [1.29, 1.82) is 0 Å². The van der Waals surface area contributed by atoms with Gasteiger partial charge < -0.3 is 10.6 Å². The molecule has 2 fully saturated rings. The third kappa shape index (κ3) is 2.45. The Bertz CT molecular complexity index is 200. The van der Waals surface area contributed by atoms with Crippen LogP contribution < -0.4 is 10.6 Å². The molecule has 2 N–H and O–H groups in total. The van der Waals surface area contributed by atoms with Crippen LogP contribution in [0.3, 0.4) is 0 Å². The number of nitrogens with one attached hydrogen (secondary N) is 2. The zero-order valence-corrected chi connectivity index (χ0v) is 8.59. The van der Waals surface area contributed by atoms with Crippen LogP contribution in [0, 0.1) is 0 Å². The number of piperazine rings is 1. The van der Waals surface area contributed by atoms with E-state index in [9.17, 15) is 4.79 Å². The Hall–Kier alpha value is -0.610. The molecule has 1 unspecified atom stereocenters. The number of carbonyl (C=O) groups excluding carboxylic acids is 1. The Labute approximate surface area is 85.0 Å². The van der Waals surface area contributed by atoms with Gasteiger partial charge in [0.2, 0.25) is 5.91 Å². The summed E-state index contributed by atoms with van der Waals surface area (Å²) in [5, 5.41) is 6.27. The van der Waals surface area contributed by atoms with Gasteiger partial charge in [0, 0.05) is 19.1 Å². The van der Waals surface area contributed by atoms with E-state index in [-0.39, 0.29) is 5.91 Å². The summed E-state index contributed by atoms with van der Waals surface area (Å²) in [6.07, 6.45) is 3.66. The first-order chi connectivity index (χ1) is 6.86. The standard InChI is InChI=1S/C10H19N3O/c14-10-8-13(7-6-12-10)9-2-1-4-11-5-3-9/h9,11H,1-8H2,(H,12,14). The fourth-order valence-electron chi connectivity index (χ4n) is 2.34. The molecule has 2 saturated heterocycles. The van der Waals surface area contributed by atoms with E-state index in [1.165, 1.54) is 19.3 Å². The molecule has 2 aliphatic heterocycles. The lowest BCUT2D eigenvalue weighted by Gasteiger charge is -2.33. The number of hydrogen-bond acceptors (Lipinski definition) is 3. The summed E-state index contributed by atoms with van der Waals surface area (Å²) in [5.41, 5.74) is 0. The van der Waals surface area contributed by atoms with E-state index in [2.05, 4.69) is 15.5 Å². The molecule has 80 valence electrons. The number of hydrogen-bond donors (Lipinski definition) is 2. The minimum atomic E-state index is 0.188. The van der Waals surface area contributed by atoms with Crippen LogP contribution in [0.25, 0.3) is 0 Å². The smallest absolute Gasteiger partial charge is 0.234 e. The van der Waals surface area contributed by atoms with Crippen LogP contribution in [0.15, 0.2) is 0 Å². The fourth-order valence-corrected chi connectivity index (χ4v) is 2.34. The van der Waals surface area contributed by atoms with Gasteiger partial charge in [-0.1, -0.05) is 0 Å². The van der Waals surface area contributed by atoms with E-state index in [1.54, 1.807) is 0 Å². The molecule has 0 radical (unpaired) electrons. The highest BCUT2D eigenvalue weighted by Crippen LogP contribution is 2.13. The number of nitrogens with zero attached hydrogens (tertiary/aromatic N) is 1. The molecule has 1 atom stereocenters. The molecular formula is C10H19N3O. The Kier molecular flexibility index (Phi) is 3.37. The van der Waals surface area contributed by atoms with Gasteiger partial charge >= 0.3 is 0 Å². The normalized spacial score (nSPS) is 30.9. The molecule has 0 aliphatic carbocycles. The quantitative estimate of drug-likeness (QED) is 0.599. The van der Waals surface area contributed by atoms with Gasteiger partial charge in [-0.3, -0.25) is 9.69 Å². The highest BCUT2D eigenvalue weighted by Gasteiger charge is 2.24. The summed E-state index contributed by atoms with van der Waals surface area (Å²) in [6, 6.07) is 0.621. The fraction of sp³-hybridized carbons (Fsp3) is 0.900. The maximum Gasteiger partial charge on any atom is 0.234 e. The molecule has 4 nitrogen and oxygen atoms in total. The van der Waals surface area contributed by atoms with Crippen molar-refractivity contribution in [2.75, 3.05) is 32.7 Å². The van der Waals surface area contributed by atoms with Crippen molar-refractivity contribution in [3.8, 4) is 0 Å². The van der Waals surface area contributed by atoms with Gasteiger partial charge in [0.15, 0.2) is 0 Å². The summed E-state index contributed by atoms with van der Waals surface area (Å²) in [6.45, 7) is 4.68. The molecule has 2 aliphatic rings. The maximum absolute atomic E-state index is 11.2. The number of rotatable bonds is 1. The SMILES string of the molecule is O=C1CN(C2CCCNCC2)CCN1. The molecule has 14 heavy (non-hydrogen) atoms. The maximum atomic E-state index is 11.2. The highest BCUT2D eigenvalue weighted by atomic mass is 16.2. The van der Waals surface area contributed by atoms with Crippen LogP contribution in [0.4, 0.5) is 0 Å². The van der Waals surface area contributed by atoms with E-state index in [0.29, 0.717) is 12.6 Å². The van der Waals surface area contributed by atoms with Gasteiger partial charge in [0.25, 0.3) is 0 Å². The van der Waals surface area contributed by atoms with Crippen molar-refractivity contribution >= 4 is 5.91 Å². The van der Waals surface area contributed by atoms with Crippen molar-refractivity contribution in [3.63, 3.8) is 0 Å². The Morgan fingerprint density at radius 2 is 2.14 bits per heavy atom. The third-order valence-electron chi connectivity index (χ3n) is 3.13. The molecule has 4 heteroatoms. The van der Waals surface area contributed by atoms with Gasteiger partial charge in [-0.05, 0) is 32.4 Å². The zero-order valence-electron chi connectivity index (χ0n) is 8.59. The summed E-state index contributed by atoms with van der Waals surface area (Å²) in [4.78, 5) is 13.6. The first kappa shape index (κ1) is 9.93. The van der Waals surface area contributed by atoms with Crippen molar-refractivity contribution in [2.45, 2.75) is 25.3 Å². The zero-order chi connectivity index (χ0) is 9.80.